The summed E-state index contributed by atoms with van der Waals surface area (Å²) in [5.41, 5.74) is 0.303. The first kappa shape index (κ1) is 15.7. The molecule has 0 unspecified atom stereocenters. The van der Waals surface area contributed by atoms with E-state index in [4.69, 9.17) is 8.92 Å². The van der Waals surface area contributed by atoms with Gasteiger partial charge < -0.3 is 8.92 Å². The highest BCUT2D eigenvalue weighted by Gasteiger charge is 2.34. The van der Waals surface area contributed by atoms with Crippen molar-refractivity contribution in [1.29, 1.82) is 0 Å². The van der Waals surface area contributed by atoms with Gasteiger partial charge >= 0.3 is 10.1 Å². The zero-order valence-corrected chi connectivity index (χ0v) is 13.3. The molecule has 0 radical (unpaired) electrons. The predicted octanol–water partition coefficient (Wildman–Crippen LogP) is 3.45. The summed E-state index contributed by atoms with van der Waals surface area (Å²) in [4.78, 5) is -0.854. The van der Waals surface area contributed by atoms with Crippen LogP contribution in [0.15, 0.2) is 41.3 Å². The fraction of sp³-hybridized carbons (Fsp3) is 0.250. The van der Waals surface area contributed by atoms with E-state index in [0.717, 1.165) is 17.7 Å². The van der Waals surface area contributed by atoms with Crippen LogP contribution in [0.1, 0.15) is 19.4 Å². The van der Waals surface area contributed by atoms with E-state index in [1.54, 1.807) is 12.1 Å². The largest absolute Gasteiger partial charge is 0.483 e. The van der Waals surface area contributed by atoms with Gasteiger partial charge in [0.15, 0.2) is 11.5 Å². The Balaban J connectivity index is 2.00. The topological polar surface area (TPSA) is 52.6 Å². The summed E-state index contributed by atoms with van der Waals surface area (Å²) in [5, 5.41) is 0. The molecule has 0 saturated heterocycles. The minimum absolute atomic E-state index is 0.0447. The molecule has 7 heteroatoms. The SMILES string of the molecule is CC1(C)Cc2cccc(OS(=O)(=O)c3cc(F)ccc3F)c2O1. The maximum absolute atomic E-state index is 13.7. The number of hydrogen-bond acceptors (Lipinski definition) is 4. The maximum atomic E-state index is 13.7. The normalized spacial score (nSPS) is 15.8. The molecule has 2 aromatic rings. The summed E-state index contributed by atoms with van der Waals surface area (Å²) in [5.74, 6) is -1.70. The molecule has 1 aliphatic rings. The van der Waals surface area contributed by atoms with E-state index >= 15 is 0 Å². The molecule has 0 bridgehead atoms. The number of ether oxygens (including phenoxy) is 1. The summed E-state index contributed by atoms with van der Waals surface area (Å²) in [6.45, 7) is 3.72. The molecule has 0 amide bonds. The summed E-state index contributed by atoms with van der Waals surface area (Å²) < 4.78 is 62.1. The van der Waals surface area contributed by atoms with Crippen LogP contribution in [0, 0.1) is 11.6 Å². The van der Waals surface area contributed by atoms with Gasteiger partial charge in [0.2, 0.25) is 0 Å². The Labute approximate surface area is 132 Å². The third-order valence-electron chi connectivity index (χ3n) is 3.42. The van der Waals surface area contributed by atoms with Crippen molar-refractivity contribution in [3.63, 3.8) is 0 Å². The molecule has 0 saturated carbocycles. The third-order valence-corrected chi connectivity index (χ3v) is 4.67. The van der Waals surface area contributed by atoms with Gasteiger partial charge in [-0.15, -0.1) is 0 Å². The molecule has 0 N–H and O–H groups in total. The second-order valence-corrected chi connectivity index (χ2v) is 7.41. The molecule has 0 aliphatic carbocycles. The zero-order valence-electron chi connectivity index (χ0n) is 12.5. The number of halogens is 2. The molecule has 1 heterocycles. The second-order valence-electron chi connectivity index (χ2n) is 5.90. The zero-order chi connectivity index (χ0) is 16.8. The monoisotopic (exact) mass is 340 g/mol. The summed E-state index contributed by atoms with van der Waals surface area (Å²) in [7, 11) is -4.52. The number of para-hydroxylation sites is 1. The molecule has 3 rings (SSSR count). The Morgan fingerprint density at radius 1 is 1.17 bits per heavy atom. The van der Waals surface area contributed by atoms with Crippen LogP contribution in [-0.4, -0.2) is 14.0 Å². The Morgan fingerprint density at radius 2 is 1.91 bits per heavy atom. The number of benzene rings is 2. The van der Waals surface area contributed by atoms with Crippen LogP contribution in [0.2, 0.25) is 0 Å². The molecule has 122 valence electrons. The molecule has 0 aromatic heterocycles. The van der Waals surface area contributed by atoms with Crippen LogP contribution >= 0.6 is 0 Å². The van der Waals surface area contributed by atoms with Crippen molar-refractivity contribution in [2.75, 3.05) is 0 Å². The van der Waals surface area contributed by atoms with Gasteiger partial charge in [0.1, 0.15) is 22.1 Å². The maximum Gasteiger partial charge on any atom is 0.342 e. The van der Waals surface area contributed by atoms with Crippen molar-refractivity contribution in [1.82, 2.24) is 0 Å². The molecule has 2 aromatic carbocycles. The Hall–Kier alpha value is -2.15. The second kappa shape index (κ2) is 5.19. The fourth-order valence-electron chi connectivity index (χ4n) is 2.48. The molecule has 0 fully saturated rings. The van der Waals surface area contributed by atoms with Crippen molar-refractivity contribution in [3.05, 3.63) is 53.6 Å². The summed E-state index contributed by atoms with van der Waals surface area (Å²) in [6, 6.07) is 6.98. The van der Waals surface area contributed by atoms with Crippen molar-refractivity contribution in [3.8, 4) is 11.5 Å². The Bertz CT molecular complexity index is 876. The summed E-state index contributed by atoms with van der Waals surface area (Å²) >= 11 is 0. The molecular weight excluding hydrogens is 326 g/mol. The fourth-order valence-corrected chi connectivity index (χ4v) is 3.51. The van der Waals surface area contributed by atoms with Crippen LogP contribution in [-0.2, 0) is 16.5 Å². The lowest BCUT2D eigenvalue weighted by molar-refractivity contribution is 0.136. The first-order chi connectivity index (χ1) is 10.7. The van der Waals surface area contributed by atoms with Crippen LogP contribution in [0.4, 0.5) is 8.78 Å². The first-order valence-corrected chi connectivity index (χ1v) is 8.29. The van der Waals surface area contributed by atoms with Crippen LogP contribution in [0.3, 0.4) is 0 Å². The van der Waals surface area contributed by atoms with Crippen molar-refractivity contribution in [2.24, 2.45) is 0 Å². The first-order valence-electron chi connectivity index (χ1n) is 6.88. The van der Waals surface area contributed by atoms with Gasteiger partial charge in [-0.25, -0.2) is 8.78 Å². The average Bonchev–Trinajstić information content (AvgIpc) is 2.76. The van der Waals surface area contributed by atoms with E-state index in [1.165, 1.54) is 6.07 Å². The number of hydrogen-bond donors (Lipinski definition) is 0. The quantitative estimate of drug-likeness (QED) is 0.803. The van der Waals surface area contributed by atoms with Crippen LogP contribution in [0.25, 0.3) is 0 Å². The van der Waals surface area contributed by atoms with E-state index in [0.29, 0.717) is 18.2 Å². The molecule has 0 atom stereocenters. The highest BCUT2D eigenvalue weighted by atomic mass is 32.2. The van der Waals surface area contributed by atoms with Gasteiger partial charge in [0.05, 0.1) is 0 Å². The van der Waals surface area contributed by atoms with E-state index in [1.807, 2.05) is 13.8 Å². The van der Waals surface area contributed by atoms with Gasteiger partial charge in [-0.2, -0.15) is 8.42 Å². The average molecular weight is 340 g/mol. The standard InChI is InChI=1S/C16H14F2O4S/c1-16(2)9-10-4-3-5-13(15(10)21-16)22-23(19,20)14-8-11(17)6-7-12(14)18/h3-8H,9H2,1-2H3. The van der Waals surface area contributed by atoms with Crippen LogP contribution in [0.5, 0.6) is 11.5 Å². The lowest BCUT2D eigenvalue weighted by atomic mass is 10.0. The van der Waals surface area contributed by atoms with Gasteiger partial charge in [0, 0.05) is 12.0 Å². The lowest BCUT2D eigenvalue weighted by Crippen LogP contribution is -2.24. The Kier molecular flexibility index (Phi) is 3.55. The van der Waals surface area contributed by atoms with E-state index in [-0.39, 0.29) is 5.75 Å². The number of rotatable bonds is 3. The van der Waals surface area contributed by atoms with Gasteiger partial charge in [-0.05, 0) is 38.1 Å². The van der Waals surface area contributed by atoms with E-state index < -0.39 is 32.2 Å². The van der Waals surface area contributed by atoms with Gasteiger partial charge in [0.25, 0.3) is 0 Å². The predicted molar refractivity (Wildman–Crippen MR) is 79.0 cm³/mol. The molecule has 0 spiro atoms. The third kappa shape index (κ3) is 3.01. The lowest BCUT2D eigenvalue weighted by Gasteiger charge is -2.18. The van der Waals surface area contributed by atoms with Crippen molar-refractivity contribution < 1.29 is 26.1 Å². The minimum Gasteiger partial charge on any atom is -0.483 e. The smallest absolute Gasteiger partial charge is 0.342 e. The molecule has 23 heavy (non-hydrogen) atoms. The highest BCUT2D eigenvalue weighted by molar-refractivity contribution is 7.87. The molecule has 4 nitrogen and oxygen atoms in total. The summed E-state index contributed by atoms with van der Waals surface area (Å²) in [6.07, 6.45) is 0.591. The van der Waals surface area contributed by atoms with Gasteiger partial charge in [-0.3, -0.25) is 0 Å². The van der Waals surface area contributed by atoms with Crippen molar-refractivity contribution in [2.45, 2.75) is 30.8 Å². The van der Waals surface area contributed by atoms with E-state index in [2.05, 4.69) is 0 Å². The highest BCUT2D eigenvalue weighted by Crippen LogP contribution is 2.42. The number of fused-ring (bicyclic) bond motifs is 1. The van der Waals surface area contributed by atoms with Crippen LogP contribution < -0.4 is 8.92 Å². The van der Waals surface area contributed by atoms with Crippen molar-refractivity contribution >= 4 is 10.1 Å². The van der Waals surface area contributed by atoms with E-state index in [9.17, 15) is 17.2 Å². The Morgan fingerprint density at radius 3 is 2.65 bits per heavy atom. The minimum atomic E-state index is -4.52. The molecular formula is C16H14F2O4S. The van der Waals surface area contributed by atoms with Gasteiger partial charge in [-0.1, -0.05) is 12.1 Å². The molecule has 1 aliphatic heterocycles.